The minimum absolute atomic E-state index is 0.260. The van der Waals surface area contributed by atoms with Crippen LogP contribution in [0.4, 0.5) is 5.69 Å². The van der Waals surface area contributed by atoms with Gasteiger partial charge in [0.1, 0.15) is 11.5 Å². The Morgan fingerprint density at radius 1 is 0.800 bits per heavy atom. The van der Waals surface area contributed by atoms with E-state index in [1.54, 1.807) is 72.8 Å². The van der Waals surface area contributed by atoms with Crippen LogP contribution in [0.2, 0.25) is 0 Å². The van der Waals surface area contributed by atoms with Gasteiger partial charge in [0.05, 0.1) is 12.1 Å². The lowest BCUT2D eigenvalue weighted by Crippen LogP contribution is -2.33. The number of carbonyl (C=O) groups is 2. The van der Waals surface area contributed by atoms with Crippen LogP contribution in [0.3, 0.4) is 0 Å². The highest BCUT2D eigenvalue weighted by atomic mass is 31.2. The minimum atomic E-state index is -4.08. The normalized spacial score (nSPS) is 16.6. The van der Waals surface area contributed by atoms with Crippen molar-refractivity contribution in [3.8, 4) is 11.5 Å². The monoisotopic (exact) mass is 421 g/mol. The second-order valence-electron chi connectivity index (χ2n) is 6.97. The molecule has 0 radical (unpaired) electrons. The standard InChI is InChI=1S/C23H20NO5P/c1-17-12-14-18(15-13-17)24-22(25)16-21(23(24)26)30(27,28-19-8-4-2-5-9-19)29-20-10-6-3-7-11-20/h2-15,21H,16H2,1H3. The molecule has 2 amide bonds. The second-order valence-corrected chi connectivity index (χ2v) is 9.04. The van der Waals surface area contributed by atoms with E-state index in [1.807, 2.05) is 19.1 Å². The molecule has 30 heavy (non-hydrogen) atoms. The molecular formula is C23H20NO5P. The van der Waals surface area contributed by atoms with Crippen molar-refractivity contribution < 1.29 is 23.2 Å². The van der Waals surface area contributed by atoms with E-state index in [2.05, 4.69) is 0 Å². The first kappa shape index (κ1) is 19.9. The smallest absolute Gasteiger partial charge is 0.416 e. The first-order valence-corrected chi connectivity index (χ1v) is 11.1. The third-order valence-corrected chi connectivity index (χ3v) is 6.85. The predicted molar refractivity (Wildman–Crippen MR) is 114 cm³/mol. The number of aryl methyl sites for hydroxylation is 1. The van der Waals surface area contributed by atoms with Gasteiger partial charge in [-0.1, -0.05) is 54.1 Å². The van der Waals surface area contributed by atoms with Crippen LogP contribution in [0.1, 0.15) is 12.0 Å². The average molecular weight is 421 g/mol. The number of rotatable bonds is 6. The summed E-state index contributed by atoms with van der Waals surface area (Å²) in [5, 5.41) is 0. The van der Waals surface area contributed by atoms with E-state index >= 15 is 0 Å². The molecule has 0 saturated carbocycles. The Morgan fingerprint density at radius 3 is 1.80 bits per heavy atom. The summed E-state index contributed by atoms with van der Waals surface area (Å²) in [6.45, 7) is 1.91. The Labute approximate surface area is 174 Å². The SMILES string of the molecule is Cc1ccc(N2C(=O)CC(P(=O)(Oc3ccccc3)Oc3ccccc3)C2=O)cc1. The molecule has 0 aromatic heterocycles. The van der Waals surface area contributed by atoms with Crippen LogP contribution in [0.5, 0.6) is 11.5 Å². The molecule has 1 fully saturated rings. The van der Waals surface area contributed by atoms with Crippen molar-refractivity contribution in [1.82, 2.24) is 0 Å². The van der Waals surface area contributed by atoms with Gasteiger partial charge >= 0.3 is 7.60 Å². The second kappa shape index (κ2) is 8.17. The number of anilines is 1. The third-order valence-electron chi connectivity index (χ3n) is 4.75. The van der Waals surface area contributed by atoms with Gasteiger partial charge in [-0.05, 0) is 43.3 Å². The fourth-order valence-electron chi connectivity index (χ4n) is 3.23. The highest BCUT2D eigenvalue weighted by Gasteiger charge is 2.54. The Hall–Kier alpha value is -3.37. The summed E-state index contributed by atoms with van der Waals surface area (Å²) in [7, 11) is -4.08. The summed E-state index contributed by atoms with van der Waals surface area (Å²) in [6.07, 6.45) is -0.260. The summed E-state index contributed by atoms with van der Waals surface area (Å²) < 4.78 is 25.4. The van der Waals surface area contributed by atoms with Crippen molar-refractivity contribution in [2.45, 2.75) is 19.0 Å². The summed E-state index contributed by atoms with van der Waals surface area (Å²) in [5.41, 5.74) is 0.190. The number of nitrogens with zero attached hydrogens (tertiary/aromatic N) is 1. The summed E-state index contributed by atoms with van der Waals surface area (Å²) in [6, 6.07) is 24.0. The molecule has 0 bridgehead atoms. The molecule has 1 heterocycles. The lowest BCUT2D eigenvalue weighted by Gasteiger charge is -2.24. The molecule has 1 aliphatic rings. The number of imide groups is 1. The van der Waals surface area contributed by atoms with E-state index in [0.717, 1.165) is 10.5 Å². The zero-order valence-corrected chi connectivity index (χ0v) is 17.2. The first-order valence-electron chi connectivity index (χ1n) is 9.49. The van der Waals surface area contributed by atoms with Crippen LogP contribution in [-0.4, -0.2) is 17.5 Å². The van der Waals surface area contributed by atoms with E-state index < -0.39 is 25.1 Å². The van der Waals surface area contributed by atoms with Gasteiger partial charge in [-0.3, -0.25) is 9.59 Å². The highest BCUT2D eigenvalue weighted by molar-refractivity contribution is 7.56. The van der Waals surface area contributed by atoms with Crippen LogP contribution in [0.25, 0.3) is 0 Å². The Bertz CT molecular complexity index is 1050. The predicted octanol–water partition coefficient (Wildman–Crippen LogP) is 4.98. The molecule has 1 aliphatic heterocycles. The average Bonchev–Trinajstić information content (AvgIpc) is 3.05. The minimum Gasteiger partial charge on any atom is -0.416 e. The zero-order valence-electron chi connectivity index (χ0n) is 16.3. The Kier molecular flexibility index (Phi) is 5.42. The fraction of sp³-hybridized carbons (Fsp3) is 0.130. The van der Waals surface area contributed by atoms with E-state index in [0.29, 0.717) is 17.2 Å². The lowest BCUT2D eigenvalue weighted by atomic mass is 10.2. The molecule has 0 N–H and O–H groups in total. The summed E-state index contributed by atoms with van der Waals surface area (Å²) >= 11 is 0. The molecule has 1 atom stereocenters. The van der Waals surface area contributed by atoms with E-state index in [-0.39, 0.29) is 6.42 Å². The molecule has 6 nitrogen and oxygen atoms in total. The molecule has 0 spiro atoms. The van der Waals surface area contributed by atoms with Gasteiger partial charge in [0.25, 0.3) is 5.91 Å². The topological polar surface area (TPSA) is 72.9 Å². The van der Waals surface area contributed by atoms with Gasteiger partial charge in [0.15, 0.2) is 5.66 Å². The van der Waals surface area contributed by atoms with Gasteiger partial charge in [-0.2, -0.15) is 0 Å². The number of carbonyl (C=O) groups excluding carboxylic acids is 2. The van der Waals surface area contributed by atoms with Crippen LogP contribution in [-0.2, 0) is 14.2 Å². The van der Waals surface area contributed by atoms with E-state index in [4.69, 9.17) is 9.05 Å². The number of hydrogen-bond acceptors (Lipinski definition) is 5. The van der Waals surface area contributed by atoms with Gasteiger partial charge in [-0.25, -0.2) is 9.46 Å². The fourth-order valence-corrected chi connectivity index (χ4v) is 5.12. The van der Waals surface area contributed by atoms with Crippen molar-refractivity contribution in [2.75, 3.05) is 4.90 Å². The maximum atomic E-state index is 13.9. The summed E-state index contributed by atoms with van der Waals surface area (Å²) in [5.74, 6) is -0.446. The van der Waals surface area contributed by atoms with Crippen LogP contribution in [0, 0.1) is 6.92 Å². The number of para-hydroxylation sites is 2. The Balaban J connectivity index is 1.69. The molecule has 4 rings (SSSR count). The quantitative estimate of drug-likeness (QED) is 0.415. The van der Waals surface area contributed by atoms with Crippen LogP contribution in [0.15, 0.2) is 84.9 Å². The molecule has 3 aromatic rings. The largest absolute Gasteiger partial charge is 0.443 e. The lowest BCUT2D eigenvalue weighted by molar-refractivity contribution is -0.121. The van der Waals surface area contributed by atoms with Gasteiger partial charge in [0.2, 0.25) is 5.91 Å². The Morgan fingerprint density at radius 2 is 1.30 bits per heavy atom. The zero-order chi connectivity index (χ0) is 21.1. The molecule has 1 saturated heterocycles. The van der Waals surface area contributed by atoms with Crippen molar-refractivity contribution in [2.24, 2.45) is 0 Å². The molecule has 152 valence electrons. The van der Waals surface area contributed by atoms with Crippen molar-refractivity contribution in [3.05, 3.63) is 90.5 Å². The molecule has 3 aromatic carbocycles. The van der Waals surface area contributed by atoms with Crippen LogP contribution >= 0.6 is 7.60 Å². The van der Waals surface area contributed by atoms with Crippen molar-refractivity contribution in [3.63, 3.8) is 0 Å². The maximum absolute atomic E-state index is 13.9. The number of benzene rings is 3. The highest BCUT2D eigenvalue weighted by Crippen LogP contribution is 2.56. The number of hydrogen-bond donors (Lipinski definition) is 0. The van der Waals surface area contributed by atoms with E-state index in [9.17, 15) is 14.2 Å². The van der Waals surface area contributed by atoms with Crippen molar-refractivity contribution in [1.29, 1.82) is 0 Å². The summed E-state index contributed by atoms with van der Waals surface area (Å²) in [4.78, 5) is 27.0. The molecule has 0 aliphatic carbocycles. The molecule has 1 unspecified atom stereocenters. The van der Waals surface area contributed by atoms with Crippen LogP contribution < -0.4 is 13.9 Å². The third kappa shape index (κ3) is 4.00. The van der Waals surface area contributed by atoms with Gasteiger partial charge in [0, 0.05) is 0 Å². The van der Waals surface area contributed by atoms with Gasteiger partial charge in [-0.15, -0.1) is 0 Å². The number of amides is 2. The van der Waals surface area contributed by atoms with Gasteiger partial charge < -0.3 is 9.05 Å². The maximum Gasteiger partial charge on any atom is 0.443 e. The van der Waals surface area contributed by atoms with E-state index in [1.165, 1.54) is 0 Å². The molecular weight excluding hydrogens is 401 g/mol. The first-order chi connectivity index (χ1) is 14.5. The van der Waals surface area contributed by atoms with Crippen molar-refractivity contribution >= 4 is 25.1 Å². The molecule has 7 heteroatoms.